The van der Waals surface area contributed by atoms with Gasteiger partial charge >= 0.3 is 6.18 Å². The van der Waals surface area contributed by atoms with Crippen LogP contribution in [0.2, 0.25) is 0 Å². The predicted octanol–water partition coefficient (Wildman–Crippen LogP) is 1.71. The number of rotatable bonds is 3. The van der Waals surface area contributed by atoms with Crippen LogP contribution in [0.15, 0.2) is 23.4 Å². The molecule has 0 aliphatic carbocycles. The number of carbonyl (C=O) groups excluding carboxylic acids is 1. The number of halogens is 4. The Bertz CT molecular complexity index is 543. The highest BCUT2D eigenvalue weighted by atomic mass is 19.4. The van der Waals surface area contributed by atoms with E-state index in [0.29, 0.717) is 12.1 Å². The molecule has 1 rings (SSSR count). The Morgan fingerprint density at radius 1 is 1.45 bits per heavy atom. The van der Waals surface area contributed by atoms with Crippen molar-refractivity contribution < 1.29 is 27.6 Å². The van der Waals surface area contributed by atoms with Crippen LogP contribution in [-0.2, 0) is 6.18 Å². The summed E-state index contributed by atoms with van der Waals surface area (Å²) in [7, 11) is 0. The molecule has 110 valence electrons. The zero-order chi connectivity index (χ0) is 15.5. The topological polar surface area (TPSA) is 87.7 Å². The molecule has 0 spiro atoms. The van der Waals surface area contributed by atoms with Crippen molar-refractivity contribution in [3.05, 3.63) is 35.1 Å². The van der Waals surface area contributed by atoms with Gasteiger partial charge in [-0.25, -0.2) is 4.39 Å². The number of alkyl halides is 3. The highest BCUT2D eigenvalue weighted by Gasteiger charge is 2.34. The van der Waals surface area contributed by atoms with Crippen LogP contribution in [0, 0.1) is 5.82 Å². The molecule has 1 aromatic rings. The number of nitrogens with two attached hydrogens (primary N) is 1. The molecular formula is C11H11F4N3O2. The minimum Gasteiger partial charge on any atom is -0.409 e. The van der Waals surface area contributed by atoms with Gasteiger partial charge in [0.1, 0.15) is 5.82 Å². The molecule has 0 fully saturated rings. The average molecular weight is 293 g/mol. The Labute approximate surface area is 111 Å². The standard InChI is InChI=1S/C11H11F4N3O2/c1-5(9(16)18-20)17-10(19)6-2-3-8(12)7(4-6)11(13,14)15/h2-5,20H,1H3,(H2,16,18)(H,17,19). The number of hydrogen-bond acceptors (Lipinski definition) is 3. The van der Waals surface area contributed by atoms with Crippen LogP contribution in [0.4, 0.5) is 17.6 Å². The van der Waals surface area contributed by atoms with Crippen molar-refractivity contribution in [3.63, 3.8) is 0 Å². The van der Waals surface area contributed by atoms with Crippen molar-refractivity contribution in [1.29, 1.82) is 0 Å². The molecule has 0 aliphatic rings. The summed E-state index contributed by atoms with van der Waals surface area (Å²) >= 11 is 0. The molecule has 5 nitrogen and oxygen atoms in total. The van der Waals surface area contributed by atoms with Gasteiger partial charge in [0.2, 0.25) is 0 Å². The van der Waals surface area contributed by atoms with E-state index in [9.17, 15) is 22.4 Å². The molecule has 1 unspecified atom stereocenters. The second-order valence-electron chi connectivity index (χ2n) is 3.91. The molecular weight excluding hydrogens is 282 g/mol. The van der Waals surface area contributed by atoms with E-state index in [1.54, 1.807) is 0 Å². The van der Waals surface area contributed by atoms with Gasteiger partial charge in [-0.1, -0.05) is 5.16 Å². The third-order valence-electron chi connectivity index (χ3n) is 2.44. The number of amidine groups is 1. The molecule has 20 heavy (non-hydrogen) atoms. The van der Waals surface area contributed by atoms with Crippen LogP contribution >= 0.6 is 0 Å². The van der Waals surface area contributed by atoms with Gasteiger partial charge < -0.3 is 16.3 Å². The Morgan fingerprint density at radius 3 is 2.55 bits per heavy atom. The Hall–Kier alpha value is -2.32. The van der Waals surface area contributed by atoms with Crippen molar-refractivity contribution in [2.24, 2.45) is 10.9 Å². The van der Waals surface area contributed by atoms with Gasteiger partial charge in [-0.05, 0) is 25.1 Å². The fraction of sp³-hybridized carbons (Fsp3) is 0.273. The zero-order valence-electron chi connectivity index (χ0n) is 10.2. The maximum absolute atomic E-state index is 13.1. The second kappa shape index (κ2) is 5.76. The minimum atomic E-state index is -4.91. The van der Waals surface area contributed by atoms with E-state index in [0.717, 1.165) is 6.07 Å². The number of nitrogens with zero attached hydrogens (tertiary/aromatic N) is 1. The molecule has 0 saturated heterocycles. The number of benzene rings is 1. The summed E-state index contributed by atoms with van der Waals surface area (Å²) in [6.45, 7) is 1.36. The summed E-state index contributed by atoms with van der Waals surface area (Å²) in [5.74, 6) is -2.70. The molecule has 0 aliphatic heterocycles. The molecule has 0 aromatic heterocycles. The summed E-state index contributed by atoms with van der Waals surface area (Å²) in [4.78, 5) is 11.7. The molecule has 0 radical (unpaired) electrons. The molecule has 0 heterocycles. The molecule has 4 N–H and O–H groups in total. The highest BCUT2D eigenvalue weighted by Crippen LogP contribution is 2.31. The first kappa shape index (κ1) is 15.7. The molecule has 1 amide bonds. The van der Waals surface area contributed by atoms with Crippen molar-refractivity contribution in [2.45, 2.75) is 19.1 Å². The summed E-state index contributed by atoms with van der Waals surface area (Å²) in [6.07, 6.45) is -4.91. The van der Waals surface area contributed by atoms with Gasteiger partial charge in [-0.15, -0.1) is 0 Å². The first-order valence-corrected chi connectivity index (χ1v) is 5.32. The van der Waals surface area contributed by atoms with Crippen LogP contribution in [0.1, 0.15) is 22.8 Å². The third kappa shape index (κ3) is 3.59. The fourth-order valence-electron chi connectivity index (χ4n) is 1.32. The zero-order valence-corrected chi connectivity index (χ0v) is 10.2. The van der Waals surface area contributed by atoms with E-state index in [1.807, 2.05) is 0 Å². The lowest BCUT2D eigenvalue weighted by Gasteiger charge is -2.13. The van der Waals surface area contributed by atoms with Gasteiger partial charge in [-0.2, -0.15) is 13.2 Å². The summed E-state index contributed by atoms with van der Waals surface area (Å²) in [5.41, 5.74) is 3.28. The van der Waals surface area contributed by atoms with Crippen LogP contribution in [0.5, 0.6) is 0 Å². The molecule has 1 aromatic carbocycles. The normalized spacial score (nSPS) is 13.9. The van der Waals surface area contributed by atoms with Crippen LogP contribution < -0.4 is 11.1 Å². The van der Waals surface area contributed by atoms with Crippen molar-refractivity contribution in [1.82, 2.24) is 5.32 Å². The average Bonchev–Trinajstić information content (AvgIpc) is 2.36. The number of nitrogens with one attached hydrogen (secondary N) is 1. The van der Waals surface area contributed by atoms with E-state index in [4.69, 9.17) is 10.9 Å². The van der Waals surface area contributed by atoms with Crippen LogP contribution in [-0.4, -0.2) is 23.0 Å². The van der Waals surface area contributed by atoms with Gasteiger partial charge in [0, 0.05) is 5.56 Å². The van der Waals surface area contributed by atoms with Crippen molar-refractivity contribution in [2.75, 3.05) is 0 Å². The lowest BCUT2D eigenvalue weighted by Crippen LogP contribution is -2.42. The number of carbonyl (C=O) groups is 1. The number of hydrogen-bond donors (Lipinski definition) is 3. The van der Waals surface area contributed by atoms with Gasteiger partial charge in [-0.3, -0.25) is 4.79 Å². The van der Waals surface area contributed by atoms with E-state index in [-0.39, 0.29) is 5.84 Å². The summed E-state index contributed by atoms with van der Waals surface area (Å²) in [6, 6.07) is 0.945. The van der Waals surface area contributed by atoms with Crippen LogP contribution in [0.3, 0.4) is 0 Å². The van der Waals surface area contributed by atoms with Gasteiger partial charge in [0.05, 0.1) is 11.6 Å². The number of amides is 1. The summed E-state index contributed by atoms with van der Waals surface area (Å²) in [5, 5.41) is 13.2. The molecule has 9 heteroatoms. The molecule has 0 saturated carbocycles. The van der Waals surface area contributed by atoms with Crippen molar-refractivity contribution in [3.8, 4) is 0 Å². The monoisotopic (exact) mass is 293 g/mol. The van der Waals surface area contributed by atoms with Crippen LogP contribution in [0.25, 0.3) is 0 Å². The molecule has 0 bridgehead atoms. The molecule has 1 atom stereocenters. The third-order valence-corrected chi connectivity index (χ3v) is 2.44. The first-order valence-electron chi connectivity index (χ1n) is 5.32. The lowest BCUT2D eigenvalue weighted by molar-refractivity contribution is -0.140. The van der Waals surface area contributed by atoms with Gasteiger partial charge in [0.25, 0.3) is 5.91 Å². The largest absolute Gasteiger partial charge is 0.419 e. The Balaban J connectivity index is 3.01. The smallest absolute Gasteiger partial charge is 0.409 e. The second-order valence-corrected chi connectivity index (χ2v) is 3.91. The van der Waals surface area contributed by atoms with Crippen molar-refractivity contribution >= 4 is 11.7 Å². The quantitative estimate of drug-likeness (QED) is 0.261. The number of oxime groups is 1. The van der Waals surface area contributed by atoms with E-state index in [1.165, 1.54) is 6.92 Å². The maximum atomic E-state index is 13.1. The summed E-state index contributed by atoms with van der Waals surface area (Å²) < 4.78 is 50.5. The fourth-order valence-corrected chi connectivity index (χ4v) is 1.32. The highest BCUT2D eigenvalue weighted by molar-refractivity contribution is 5.98. The van der Waals surface area contributed by atoms with E-state index < -0.39 is 35.1 Å². The Morgan fingerprint density at radius 2 is 2.05 bits per heavy atom. The predicted molar refractivity (Wildman–Crippen MR) is 61.7 cm³/mol. The van der Waals surface area contributed by atoms with E-state index in [2.05, 4.69) is 10.5 Å². The lowest BCUT2D eigenvalue weighted by atomic mass is 10.1. The van der Waals surface area contributed by atoms with E-state index >= 15 is 0 Å². The maximum Gasteiger partial charge on any atom is 0.419 e. The SMILES string of the molecule is CC(NC(=O)c1ccc(F)c(C(F)(F)F)c1)C(N)=NO. The first-order chi connectivity index (χ1) is 9.16. The van der Waals surface area contributed by atoms with Gasteiger partial charge in [0.15, 0.2) is 5.84 Å². The Kier molecular flexibility index (Phi) is 4.53. The minimum absolute atomic E-state index is 0.323.